The Kier molecular flexibility index (Phi) is 52.8. The summed E-state index contributed by atoms with van der Waals surface area (Å²) in [6, 6.07) is 0. The van der Waals surface area contributed by atoms with Crippen molar-refractivity contribution in [2.75, 3.05) is 47.5 Å². The highest BCUT2D eigenvalue weighted by Gasteiger charge is 2.25. The van der Waals surface area contributed by atoms with Gasteiger partial charge in [-0.2, -0.15) is 0 Å². The molecule has 0 bridgehead atoms. The fourth-order valence-electron chi connectivity index (χ4n) is 9.25. The van der Waals surface area contributed by atoms with E-state index in [0.717, 1.165) is 38.5 Å². The molecule has 0 spiro atoms. The normalized spacial score (nSPS) is 12.7. The summed E-state index contributed by atoms with van der Waals surface area (Å²) in [6.07, 6.45) is 60.2. The predicted molar refractivity (Wildman–Crippen MR) is 300 cm³/mol. The number of likely N-dealkylation sites (N-methyl/N-ethyl adjacent to an activating group) is 1. The monoisotopic (exact) mass is 1010 g/mol. The van der Waals surface area contributed by atoms with Crippen molar-refractivity contribution in [1.29, 1.82) is 0 Å². The summed E-state index contributed by atoms with van der Waals surface area (Å²) in [7, 11) is 5.98. The second-order valence-corrected chi connectivity index (χ2v) is 22.4. The molecule has 0 amide bonds. The molecular formula is C62H120NO8+. The van der Waals surface area contributed by atoms with Gasteiger partial charge in [-0.1, -0.05) is 270 Å². The number of carbonyl (C=O) groups excluding carboxylic acids is 2. The Hall–Kier alpha value is -1.97. The Balaban J connectivity index is 4.06. The Bertz CT molecular complexity index is 1170. The van der Waals surface area contributed by atoms with Crippen LogP contribution in [0.25, 0.3) is 0 Å². The number of carboxylic acid groups (broad SMARTS) is 1. The minimum absolute atomic E-state index is 0.174. The molecule has 0 saturated heterocycles. The second-order valence-electron chi connectivity index (χ2n) is 22.4. The summed E-state index contributed by atoms with van der Waals surface area (Å²) in [4.78, 5) is 37.4. The van der Waals surface area contributed by atoms with Crippen molar-refractivity contribution >= 4 is 17.9 Å². The number of esters is 2. The second kappa shape index (κ2) is 54.3. The minimum Gasteiger partial charge on any atom is -0.477 e. The van der Waals surface area contributed by atoms with Gasteiger partial charge in [0.05, 0.1) is 34.4 Å². The molecule has 0 aromatic rings. The fourth-order valence-corrected chi connectivity index (χ4v) is 9.25. The first-order chi connectivity index (χ1) is 34.6. The molecule has 420 valence electrons. The molecule has 0 rings (SSSR count). The zero-order chi connectivity index (χ0) is 52.0. The molecule has 0 aliphatic rings. The number of carbonyl (C=O) groups is 3. The molecule has 0 saturated carbocycles. The summed E-state index contributed by atoms with van der Waals surface area (Å²) >= 11 is 0. The molecule has 0 radical (unpaired) electrons. The molecule has 0 heterocycles. The van der Waals surface area contributed by atoms with Crippen LogP contribution in [0.5, 0.6) is 0 Å². The van der Waals surface area contributed by atoms with E-state index in [1.807, 2.05) is 21.1 Å². The Morgan fingerprint density at radius 2 is 0.718 bits per heavy atom. The predicted octanol–water partition coefficient (Wildman–Crippen LogP) is 18.1. The number of allylic oxidation sites excluding steroid dienone is 2. The smallest absolute Gasteiger partial charge is 0.361 e. The highest BCUT2D eigenvalue weighted by atomic mass is 16.7. The quantitative estimate of drug-likeness (QED) is 0.0211. The lowest BCUT2D eigenvalue weighted by atomic mass is 10.0. The Morgan fingerprint density at radius 1 is 0.408 bits per heavy atom. The number of nitrogens with zero attached hydrogens (tertiary/aromatic N) is 1. The van der Waals surface area contributed by atoms with E-state index < -0.39 is 18.4 Å². The van der Waals surface area contributed by atoms with E-state index in [0.29, 0.717) is 17.4 Å². The van der Waals surface area contributed by atoms with Crippen molar-refractivity contribution in [2.24, 2.45) is 0 Å². The van der Waals surface area contributed by atoms with Gasteiger partial charge < -0.3 is 28.5 Å². The zero-order valence-corrected chi connectivity index (χ0v) is 47.9. The van der Waals surface area contributed by atoms with E-state index in [-0.39, 0.29) is 38.2 Å². The van der Waals surface area contributed by atoms with E-state index in [4.69, 9.17) is 18.9 Å². The van der Waals surface area contributed by atoms with Crippen LogP contribution in [0.4, 0.5) is 0 Å². The molecule has 2 atom stereocenters. The number of quaternary nitrogens is 1. The third kappa shape index (κ3) is 55.6. The third-order valence-corrected chi connectivity index (χ3v) is 14.0. The Morgan fingerprint density at radius 3 is 1.04 bits per heavy atom. The molecule has 0 aromatic carbocycles. The number of unbranched alkanes of at least 4 members (excludes halogenated alkanes) is 41. The number of carboxylic acids is 1. The van der Waals surface area contributed by atoms with Gasteiger partial charge in [0.15, 0.2) is 6.10 Å². The van der Waals surface area contributed by atoms with Crippen molar-refractivity contribution in [2.45, 2.75) is 322 Å². The van der Waals surface area contributed by atoms with E-state index in [9.17, 15) is 19.5 Å². The average molecular weight is 1010 g/mol. The maximum atomic E-state index is 12.9. The first-order valence-corrected chi connectivity index (χ1v) is 30.9. The lowest BCUT2D eigenvalue weighted by Crippen LogP contribution is -2.40. The van der Waals surface area contributed by atoms with Gasteiger partial charge in [-0.25, -0.2) is 4.79 Å². The van der Waals surface area contributed by atoms with E-state index in [2.05, 4.69) is 26.0 Å². The van der Waals surface area contributed by atoms with Crippen LogP contribution in [0.2, 0.25) is 0 Å². The molecule has 71 heavy (non-hydrogen) atoms. The van der Waals surface area contributed by atoms with Gasteiger partial charge in [0.2, 0.25) is 0 Å². The number of hydrogen-bond acceptors (Lipinski definition) is 7. The van der Waals surface area contributed by atoms with Gasteiger partial charge in [0.25, 0.3) is 6.29 Å². The molecule has 0 aliphatic heterocycles. The van der Waals surface area contributed by atoms with Gasteiger partial charge in [-0.15, -0.1) is 0 Å². The van der Waals surface area contributed by atoms with Gasteiger partial charge >= 0.3 is 17.9 Å². The summed E-state index contributed by atoms with van der Waals surface area (Å²) < 4.78 is 22.9. The number of aliphatic carboxylic acids is 1. The highest BCUT2D eigenvalue weighted by Crippen LogP contribution is 2.18. The topological polar surface area (TPSA) is 108 Å². The van der Waals surface area contributed by atoms with Crippen molar-refractivity contribution < 1.29 is 42.9 Å². The highest BCUT2D eigenvalue weighted by molar-refractivity contribution is 5.71. The van der Waals surface area contributed by atoms with Crippen LogP contribution < -0.4 is 0 Å². The summed E-state index contributed by atoms with van der Waals surface area (Å²) in [5.74, 6) is -1.98. The lowest BCUT2D eigenvalue weighted by Gasteiger charge is -2.25. The van der Waals surface area contributed by atoms with Crippen molar-refractivity contribution in [1.82, 2.24) is 0 Å². The van der Waals surface area contributed by atoms with Crippen molar-refractivity contribution in [3.05, 3.63) is 12.2 Å². The van der Waals surface area contributed by atoms with Crippen LogP contribution in [-0.4, -0.2) is 87.4 Å². The van der Waals surface area contributed by atoms with Crippen LogP contribution in [0, 0.1) is 0 Å². The van der Waals surface area contributed by atoms with Crippen LogP contribution in [0.1, 0.15) is 309 Å². The maximum absolute atomic E-state index is 12.9. The van der Waals surface area contributed by atoms with Gasteiger partial charge in [0.1, 0.15) is 13.2 Å². The number of ether oxygens (including phenoxy) is 4. The standard InChI is InChI=1S/C62H119NO8/c1-6-8-10-12-14-16-18-20-22-23-24-25-26-27-28-29-30-31-32-33-34-35-36-37-39-41-43-45-47-49-51-53-60(65)71-58(57-70-62(61(66)67)68-55-54-63(3,4)5)56-69-59(64)52-50-48-46-44-42-40-38-21-19-17-15-13-11-9-7-2/h23-24,58,62H,6-22,25-57H2,1-5H3/p+1/b24-23-. The van der Waals surface area contributed by atoms with Crippen LogP contribution in [0.3, 0.4) is 0 Å². The Labute approximate surface area is 440 Å². The van der Waals surface area contributed by atoms with Crippen LogP contribution in [-0.2, 0) is 33.3 Å². The third-order valence-electron chi connectivity index (χ3n) is 14.0. The first kappa shape index (κ1) is 69.0. The average Bonchev–Trinajstić information content (AvgIpc) is 3.34. The van der Waals surface area contributed by atoms with Gasteiger partial charge in [0, 0.05) is 12.8 Å². The molecule has 0 fully saturated rings. The van der Waals surface area contributed by atoms with Gasteiger partial charge in [-0.3, -0.25) is 9.59 Å². The molecule has 1 N–H and O–H groups in total. The molecule has 2 unspecified atom stereocenters. The van der Waals surface area contributed by atoms with E-state index in [1.54, 1.807) is 0 Å². The fraction of sp³-hybridized carbons (Fsp3) is 0.919. The summed E-state index contributed by atoms with van der Waals surface area (Å²) in [5.41, 5.74) is 0. The largest absolute Gasteiger partial charge is 0.477 e. The van der Waals surface area contributed by atoms with Crippen LogP contribution >= 0.6 is 0 Å². The maximum Gasteiger partial charge on any atom is 0.361 e. The molecule has 0 aromatic heterocycles. The molecule has 9 heteroatoms. The number of rotatable bonds is 58. The zero-order valence-electron chi connectivity index (χ0n) is 47.9. The van der Waals surface area contributed by atoms with Crippen LogP contribution in [0.15, 0.2) is 12.2 Å². The SMILES string of the molecule is CCCCCCCCCC/C=C\CCCCCCCCCCCCCCCCCCCCCC(=O)OC(COC(=O)CCCCCCCCCCCCCCCCC)COC(OCC[N+](C)(C)C)C(=O)O. The van der Waals surface area contributed by atoms with E-state index in [1.165, 1.54) is 244 Å². The molecular weight excluding hydrogens is 887 g/mol. The van der Waals surface area contributed by atoms with E-state index >= 15 is 0 Å². The summed E-state index contributed by atoms with van der Waals surface area (Å²) in [6.45, 7) is 4.93. The molecule has 9 nitrogen and oxygen atoms in total. The van der Waals surface area contributed by atoms with Crippen molar-refractivity contribution in [3.63, 3.8) is 0 Å². The summed E-state index contributed by atoms with van der Waals surface area (Å²) in [5, 5.41) is 9.70. The minimum atomic E-state index is -1.50. The lowest BCUT2D eigenvalue weighted by molar-refractivity contribution is -0.870. The first-order valence-electron chi connectivity index (χ1n) is 30.9. The number of hydrogen-bond donors (Lipinski definition) is 1. The molecule has 0 aliphatic carbocycles. The van der Waals surface area contributed by atoms with Gasteiger partial charge in [-0.05, 0) is 38.5 Å². The van der Waals surface area contributed by atoms with Crippen molar-refractivity contribution in [3.8, 4) is 0 Å².